The predicted molar refractivity (Wildman–Crippen MR) is 108 cm³/mol. The summed E-state index contributed by atoms with van der Waals surface area (Å²) in [5.74, 6) is 0. The van der Waals surface area contributed by atoms with Gasteiger partial charge >= 0.3 is 18.9 Å². The number of nitrogens with zero attached hydrogens (tertiary/aromatic N) is 1. The summed E-state index contributed by atoms with van der Waals surface area (Å²) in [4.78, 5) is 2.80. The van der Waals surface area contributed by atoms with Crippen LogP contribution in [0, 0.1) is 0 Å². The van der Waals surface area contributed by atoms with E-state index in [0.29, 0.717) is 12.1 Å². The van der Waals surface area contributed by atoms with Crippen LogP contribution in [0.25, 0.3) is 0 Å². The third-order valence-corrected chi connectivity index (χ3v) is 8.09. The standard InChI is InChI=1S/C20H45NSi.Li.H/c1-10-12-13-14-15-16-20(22(7,8)9)19(11-2)21(17(3)4)18(5)6;;/h17-20H,10-16H2,1-9H3;;/q;+1;-1. The van der Waals surface area contributed by atoms with Crippen LogP contribution in [0.1, 0.15) is 87.9 Å². The molecule has 0 spiro atoms. The van der Waals surface area contributed by atoms with Crippen molar-refractivity contribution in [3.05, 3.63) is 0 Å². The number of rotatable bonds is 12. The Labute approximate surface area is 163 Å². The van der Waals surface area contributed by atoms with Crippen molar-refractivity contribution in [3.63, 3.8) is 0 Å². The van der Waals surface area contributed by atoms with Crippen molar-refractivity contribution in [1.29, 1.82) is 0 Å². The molecule has 2 unspecified atom stereocenters. The minimum atomic E-state index is -1.14. The first-order valence-electron chi connectivity index (χ1n) is 9.94. The van der Waals surface area contributed by atoms with Gasteiger partial charge < -0.3 is 1.43 Å². The molecule has 0 saturated carbocycles. The van der Waals surface area contributed by atoms with Crippen LogP contribution in [0.15, 0.2) is 0 Å². The summed E-state index contributed by atoms with van der Waals surface area (Å²) in [5.41, 5.74) is 0.934. The van der Waals surface area contributed by atoms with Gasteiger partial charge in [-0.1, -0.05) is 72.0 Å². The smallest absolute Gasteiger partial charge is 1.00 e. The molecular formula is C20H46LiNSi. The molecule has 0 saturated heterocycles. The molecule has 0 aromatic carbocycles. The molecule has 1 nitrogen and oxygen atoms in total. The van der Waals surface area contributed by atoms with Gasteiger partial charge in [-0.05, 0) is 39.7 Å². The second-order valence-electron chi connectivity index (χ2n) is 8.79. The first kappa shape index (κ1) is 26.0. The van der Waals surface area contributed by atoms with Crippen LogP contribution in [0.2, 0.25) is 25.2 Å². The van der Waals surface area contributed by atoms with E-state index in [1.807, 2.05) is 0 Å². The topological polar surface area (TPSA) is 3.24 Å². The quantitative estimate of drug-likeness (QED) is 0.384. The monoisotopic (exact) mass is 335 g/mol. The summed E-state index contributed by atoms with van der Waals surface area (Å²) < 4.78 is 0. The molecule has 0 fully saturated rings. The summed E-state index contributed by atoms with van der Waals surface area (Å²) in [6.07, 6.45) is 9.84. The molecule has 0 aliphatic rings. The van der Waals surface area contributed by atoms with Gasteiger partial charge in [-0.15, -0.1) is 0 Å². The van der Waals surface area contributed by atoms with Gasteiger partial charge in [-0.25, -0.2) is 0 Å². The van der Waals surface area contributed by atoms with Gasteiger partial charge in [0.2, 0.25) is 0 Å². The molecular weight excluding hydrogens is 289 g/mol. The maximum Gasteiger partial charge on any atom is 1.00 e. The van der Waals surface area contributed by atoms with E-state index >= 15 is 0 Å². The van der Waals surface area contributed by atoms with Crippen LogP contribution in [-0.4, -0.2) is 31.1 Å². The van der Waals surface area contributed by atoms with Crippen LogP contribution in [0.5, 0.6) is 0 Å². The molecule has 0 aromatic heterocycles. The van der Waals surface area contributed by atoms with Gasteiger partial charge in [0.1, 0.15) is 0 Å². The van der Waals surface area contributed by atoms with Crippen LogP contribution in [0.4, 0.5) is 0 Å². The Balaban J connectivity index is -0.00000220. The van der Waals surface area contributed by atoms with Crippen LogP contribution < -0.4 is 18.9 Å². The largest absolute Gasteiger partial charge is 1.00 e. The van der Waals surface area contributed by atoms with Crippen molar-refractivity contribution in [2.75, 3.05) is 0 Å². The maximum atomic E-state index is 2.80. The molecule has 3 heteroatoms. The van der Waals surface area contributed by atoms with E-state index < -0.39 is 8.07 Å². The number of hydrogen-bond acceptors (Lipinski definition) is 1. The summed E-state index contributed by atoms with van der Waals surface area (Å²) in [6, 6.07) is 2.09. The second-order valence-corrected chi connectivity index (χ2v) is 14.3. The average Bonchev–Trinajstić information content (AvgIpc) is 2.38. The fourth-order valence-electron chi connectivity index (χ4n) is 4.24. The Kier molecular flexibility index (Phi) is 14.7. The molecule has 136 valence electrons. The molecule has 23 heavy (non-hydrogen) atoms. The zero-order valence-corrected chi connectivity index (χ0v) is 19.2. The number of unbranched alkanes of at least 4 members (excludes halogenated alkanes) is 4. The molecule has 0 N–H and O–H groups in total. The summed E-state index contributed by atoms with van der Waals surface area (Å²) in [7, 11) is -1.14. The average molecular weight is 336 g/mol. The molecule has 0 aliphatic carbocycles. The first-order valence-corrected chi connectivity index (χ1v) is 13.5. The molecule has 0 heterocycles. The normalized spacial score (nSPS) is 15.1. The predicted octanol–water partition coefficient (Wildman–Crippen LogP) is 4.07. The second kappa shape index (κ2) is 13.0. The Bertz CT molecular complexity index is 271. The third-order valence-electron chi connectivity index (χ3n) is 5.19. The van der Waals surface area contributed by atoms with Gasteiger partial charge in [-0.3, -0.25) is 4.90 Å². The zero-order chi connectivity index (χ0) is 17.3. The van der Waals surface area contributed by atoms with Crippen molar-refractivity contribution < 1.29 is 20.3 Å². The van der Waals surface area contributed by atoms with Gasteiger partial charge in [0.15, 0.2) is 0 Å². The Morgan fingerprint density at radius 2 is 1.30 bits per heavy atom. The van der Waals surface area contributed by atoms with E-state index in [2.05, 4.69) is 66.1 Å². The van der Waals surface area contributed by atoms with Gasteiger partial charge in [-0.2, -0.15) is 0 Å². The summed E-state index contributed by atoms with van der Waals surface area (Å²) in [5, 5.41) is 0. The molecule has 0 aliphatic heterocycles. The SMILES string of the molecule is CCCCCCCC(C(CC)N(C(C)C)C(C)C)[Si](C)(C)C.[H-].[Li+]. The summed E-state index contributed by atoms with van der Waals surface area (Å²) >= 11 is 0. The summed E-state index contributed by atoms with van der Waals surface area (Å²) in [6.45, 7) is 22.0. The molecule has 0 rings (SSSR count). The van der Waals surface area contributed by atoms with Crippen molar-refractivity contribution in [1.82, 2.24) is 4.90 Å². The van der Waals surface area contributed by atoms with Crippen molar-refractivity contribution in [3.8, 4) is 0 Å². The van der Waals surface area contributed by atoms with Crippen molar-refractivity contribution in [2.45, 2.75) is 130 Å². The van der Waals surface area contributed by atoms with Gasteiger partial charge in [0.05, 0.1) is 0 Å². The third kappa shape index (κ3) is 9.74. The van der Waals surface area contributed by atoms with Gasteiger partial charge in [0, 0.05) is 26.2 Å². The molecule has 0 amide bonds. The van der Waals surface area contributed by atoms with Crippen molar-refractivity contribution in [2.24, 2.45) is 0 Å². The van der Waals surface area contributed by atoms with E-state index in [-0.39, 0.29) is 20.3 Å². The fraction of sp³-hybridized carbons (Fsp3) is 1.00. The fourth-order valence-corrected chi connectivity index (χ4v) is 6.87. The molecule has 0 bridgehead atoms. The first-order chi connectivity index (χ1) is 10.2. The minimum Gasteiger partial charge on any atom is -1.00 e. The van der Waals surface area contributed by atoms with E-state index in [0.717, 1.165) is 11.6 Å². The van der Waals surface area contributed by atoms with Crippen LogP contribution in [-0.2, 0) is 0 Å². The molecule has 2 atom stereocenters. The number of hydrogen-bond donors (Lipinski definition) is 0. The minimum absolute atomic E-state index is 0. The van der Waals surface area contributed by atoms with Gasteiger partial charge in [0.25, 0.3) is 0 Å². The Hall–Kier alpha value is 0.774. The Morgan fingerprint density at radius 1 is 0.826 bits per heavy atom. The van der Waals surface area contributed by atoms with E-state index in [4.69, 9.17) is 0 Å². The maximum absolute atomic E-state index is 2.80. The Morgan fingerprint density at radius 3 is 1.65 bits per heavy atom. The molecule has 0 aromatic rings. The van der Waals surface area contributed by atoms with Crippen LogP contribution >= 0.6 is 0 Å². The van der Waals surface area contributed by atoms with E-state index in [9.17, 15) is 0 Å². The van der Waals surface area contributed by atoms with E-state index in [1.54, 1.807) is 0 Å². The van der Waals surface area contributed by atoms with Crippen molar-refractivity contribution >= 4 is 8.07 Å². The van der Waals surface area contributed by atoms with E-state index in [1.165, 1.54) is 44.9 Å². The zero-order valence-electron chi connectivity index (χ0n) is 19.2. The molecule has 0 radical (unpaired) electrons. The van der Waals surface area contributed by atoms with Crippen LogP contribution in [0.3, 0.4) is 0 Å².